The van der Waals surface area contributed by atoms with Crippen LogP contribution in [0.5, 0.6) is 23.3 Å². The van der Waals surface area contributed by atoms with Crippen molar-refractivity contribution in [3.8, 4) is 23.3 Å². The van der Waals surface area contributed by atoms with Crippen LogP contribution < -0.4 is 28.7 Å². The number of hydrogen-bond donors (Lipinski definition) is 0. The molecule has 0 saturated carbocycles. The van der Waals surface area contributed by atoms with Gasteiger partial charge in [0.2, 0.25) is 25.3 Å². The zero-order valence-corrected chi connectivity index (χ0v) is 44.2. The molecule has 4 aromatic carbocycles. The number of esters is 2. The van der Waals surface area contributed by atoms with Crippen LogP contribution in [0.3, 0.4) is 0 Å². The van der Waals surface area contributed by atoms with E-state index in [1.54, 1.807) is 34.8 Å². The molecule has 16 heteroatoms. The lowest BCUT2D eigenvalue weighted by Gasteiger charge is -2.36. The number of ether oxygens (including phenoxy) is 6. The van der Waals surface area contributed by atoms with Crippen molar-refractivity contribution in [2.75, 3.05) is 102 Å². The molecule has 0 radical (unpaired) electrons. The standard InChI is InChI=1S/C59H66N6O8S2/c66-58(72-42-70-56-22-18-44-16-20-46(40-50(44)60-56)68-36-6-4-26-62-28-32-64(33-29-62)52-10-8-12-54-48(52)24-38-74-54)14-2-1-3-15-59(67)73-43-71-57-23-19-45-17-21-47(41-51(45)61-57)69-37-7-5-27-63-30-34-65(35-31-63)53-11-9-13-55-49(53)25-39-75-55/h8-13,16-25,38-41H,1-7,14-15,26-37,42-43H2. The highest BCUT2D eigenvalue weighted by atomic mass is 32.1. The van der Waals surface area contributed by atoms with Crippen LogP contribution in [0.25, 0.3) is 42.0 Å². The molecule has 0 spiro atoms. The molecule has 8 aromatic rings. The maximum Gasteiger partial charge on any atom is 0.308 e. The molecule has 2 fully saturated rings. The van der Waals surface area contributed by atoms with Crippen LogP contribution in [0, 0.1) is 0 Å². The molecule has 2 aliphatic rings. The highest BCUT2D eigenvalue weighted by molar-refractivity contribution is 7.17. The van der Waals surface area contributed by atoms with Gasteiger partial charge in [0.15, 0.2) is 0 Å². The molecule has 2 saturated heterocycles. The van der Waals surface area contributed by atoms with Gasteiger partial charge in [-0.2, -0.15) is 0 Å². The molecule has 2 aliphatic heterocycles. The highest BCUT2D eigenvalue weighted by Crippen LogP contribution is 2.33. The van der Waals surface area contributed by atoms with Gasteiger partial charge < -0.3 is 38.2 Å². The van der Waals surface area contributed by atoms with Gasteiger partial charge in [-0.3, -0.25) is 19.4 Å². The number of rotatable bonds is 26. The van der Waals surface area contributed by atoms with Crippen molar-refractivity contribution in [1.29, 1.82) is 0 Å². The normalized spacial score (nSPS) is 14.5. The van der Waals surface area contributed by atoms with Gasteiger partial charge in [-0.15, -0.1) is 22.7 Å². The van der Waals surface area contributed by atoms with Crippen molar-refractivity contribution in [3.05, 3.63) is 120 Å². The Labute approximate surface area is 446 Å². The number of carbonyl (C=O) groups excluding carboxylic acids is 2. The summed E-state index contributed by atoms with van der Waals surface area (Å²) < 4.78 is 36.8. The molecule has 0 unspecified atom stereocenters. The third kappa shape index (κ3) is 14.4. The van der Waals surface area contributed by atoms with Gasteiger partial charge in [-0.05, 0) is 135 Å². The first kappa shape index (κ1) is 51.8. The number of pyridine rings is 2. The van der Waals surface area contributed by atoms with E-state index in [4.69, 9.17) is 28.4 Å². The lowest BCUT2D eigenvalue weighted by molar-refractivity contribution is -0.150. The second-order valence-electron chi connectivity index (χ2n) is 19.1. The van der Waals surface area contributed by atoms with Crippen molar-refractivity contribution >= 4 is 88.0 Å². The minimum atomic E-state index is -0.377. The first-order valence-corrected chi connectivity index (χ1v) is 28.2. The van der Waals surface area contributed by atoms with Gasteiger partial charge in [0.1, 0.15) is 11.5 Å². The summed E-state index contributed by atoms with van der Waals surface area (Å²) in [6.45, 7) is 11.4. The zero-order valence-electron chi connectivity index (χ0n) is 42.6. The molecule has 14 nitrogen and oxygen atoms in total. The first-order chi connectivity index (χ1) is 37.0. The fourth-order valence-electron chi connectivity index (χ4n) is 9.86. The molecule has 0 aliphatic carbocycles. The number of carbonyl (C=O) groups is 2. The number of hydrogen-bond acceptors (Lipinski definition) is 16. The summed E-state index contributed by atoms with van der Waals surface area (Å²) >= 11 is 3.61. The van der Waals surface area contributed by atoms with Gasteiger partial charge >= 0.3 is 11.9 Å². The topological polar surface area (TPSA) is 128 Å². The number of piperazine rings is 2. The SMILES string of the molecule is O=C(CCCCCC(=O)OCOc1ccc2ccc(OCCCCN3CCN(c4cccc5sccc45)CC3)cc2n1)OCOc1ccc2ccc(OCCCCN3CCN(c4cccc5sccc45)CC3)cc2n1. The molecular formula is C59H66N6O8S2. The van der Waals surface area contributed by atoms with Crippen molar-refractivity contribution in [2.45, 2.75) is 57.8 Å². The van der Waals surface area contributed by atoms with E-state index in [0.29, 0.717) is 44.2 Å². The van der Waals surface area contributed by atoms with E-state index in [-0.39, 0.29) is 38.4 Å². The Hall–Kier alpha value is -6.72. The molecule has 0 bridgehead atoms. The molecule has 4 aromatic heterocycles. The second-order valence-corrected chi connectivity index (χ2v) is 21.0. The summed E-state index contributed by atoms with van der Waals surface area (Å²) in [7, 11) is 0. The number of aromatic nitrogens is 2. The maximum atomic E-state index is 12.4. The minimum absolute atomic E-state index is 0.213. The van der Waals surface area contributed by atoms with Crippen molar-refractivity contribution in [2.24, 2.45) is 0 Å². The fraction of sp³-hybridized carbons (Fsp3) is 0.390. The van der Waals surface area contributed by atoms with E-state index in [0.717, 1.165) is 124 Å². The first-order valence-electron chi connectivity index (χ1n) is 26.5. The Balaban J connectivity index is 0.542. The van der Waals surface area contributed by atoms with Crippen LogP contribution in [0.15, 0.2) is 120 Å². The van der Waals surface area contributed by atoms with E-state index < -0.39 is 0 Å². The van der Waals surface area contributed by atoms with Gasteiger partial charge in [0, 0.05) is 132 Å². The quantitative estimate of drug-likeness (QED) is 0.0290. The number of nitrogens with zero attached hydrogens (tertiary/aromatic N) is 6. The predicted octanol–water partition coefficient (Wildman–Crippen LogP) is 11.6. The van der Waals surface area contributed by atoms with Crippen molar-refractivity contribution in [1.82, 2.24) is 19.8 Å². The number of unbranched alkanes of at least 4 members (excludes halogenated alkanes) is 4. The minimum Gasteiger partial charge on any atom is -0.494 e. The van der Waals surface area contributed by atoms with Gasteiger partial charge in [-0.1, -0.05) is 18.6 Å². The van der Waals surface area contributed by atoms with Crippen molar-refractivity contribution < 1.29 is 38.0 Å². The molecule has 0 atom stereocenters. The van der Waals surface area contributed by atoms with E-state index in [9.17, 15) is 9.59 Å². The Morgan fingerprint density at radius 1 is 0.467 bits per heavy atom. The summed E-state index contributed by atoms with van der Waals surface area (Å²) in [5.74, 6) is 1.49. The van der Waals surface area contributed by atoms with Gasteiger partial charge in [0.25, 0.3) is 0 Å². The van der Waals surface area contributed by atoms with Crippen LogP contribution >= 0.6 is 22.7 Å². The number of anilines is 2. The average Bonchev–Trinajstić information content (AvgIpc) is 4.14. The Morgan fingerprint density at radius 3 is 1.39 bits per heavy atom. The van der Waals surface area contributed by atoms with E-state index in [2.05, 4.69) is 88.9 Å². The molecular weight excluding hydrogens is 985 g/mol. The monoisotopic (exact) mass is 1050 g/mol. The molecule has 10 rings (SSSR count). The van der Waals surface area contributed by atoms with E-state index >= 15 is 0 Å². The maximum absolute atomic E-state index is 12.4. The third-order valence-electron chi connectivity index (χ3n) is 14.0. The van der Waals surface area contributed by atoms with Crippen LogP contribution in [-0.4, -0.2) is 124 Å². The van der Waals surface area contributed by atoms with Crippen LogP contribution in [0.2, 0.25) is 0 Å². The molecule has 0 N–H and O–H groups in total. The summed E-state index contributed by atoms with van der Waals surface area (Å²) in [5, 5.41) is 9.00. The second kappa shape index (κ2) is 26.2. The smallest absolute Gasteiger partial charge is 0.308 e. The highest BCUT2D eigenvalue weighted by Gasteiger charge is 2.20. The summed E-state index contributed by atoms with van der Waals surface area (Å²) in [6, 6.07) is 36.8. The van der Waals surface area contributed by atoms with Crippen LogP contribution in [0.4, 0.5) is 11.4 Å². The van der Waals surface area contributed by atoms with Gasteiger partial charge in [0.05, 0.1) is 24.2 Å². The number of benzene rings is 4. The lowest BCUT2D eigenvalue weighted by atomic mass is 10.1. The van der Waals surface area contributed by atoms with Crippen LogP contribution in [0.1, 0.15) is 57.8 Å². The summed E-state index contributed by atoms with van der Waals surface area (Å²) in [5.41, 5.74) is 4.19. The van der Waals surface area contributed by atoms with Gasteiger partial charge in [-0.25, -0.2) is 9.97 Å². The zero-order chi connectivity index (χ0) is 51.0. The largest absolute Gasteiger partial charge is 0.494 e. The Bertz CT molecular complexity index is 2920. The predicted molar refractivity (Wildman–Crippen MR) is 300 cm³/mol. The van der Waals surface area contributed by atoms with E-state index in [1.807, 2.05) is 48.5 Å². The lowest BCUT2D eigenvalue weighted by Crippen LogP contribution is -2.46. The van der Waals surface area contributed by atoms with Crippen molar-refractivity contribution in [3.63, 3.8) is 0 Å². The summed E-state index contributed by atoms with van der Waals surface area (Å²) in [6.07, 6.45) is 6.33. The molecule has 6 heterocycles. The average molecular weight is 1050 g/mol. The third-order valence-corrected chi connectivity index (χ3v) is 15.8. The Kier molecular flexibility index (Phi) is 18.1. The number of thiophene rings is 2. The molecule has 392 valence electrons. The van der Waals surface area contributed by atoms with Crippen LogP contribution in [-0.2, 0) is 19.1 Å². The Morgan fingerprint density at radius 2 is 0.920 bits per heavy atom. The fourth-order valence-corrected chi connectivity index (χ4v) is 11.5. The number of fused-ring (bicyclic) bond motifs is 4. The van der Waals surface area contributed by atoms with E-state index in [1.165, 1.54) is 31.5 Å². The molecule has 75 heavy (non-hydrogen) atoms. The summed E-state index contributed by atoms with van der Waals surface area (Å²) in [4.78, 5) is 44.2. The molecule has 0 amide bonds.